The molecule has 1 fully saturated rings. The van der Waals surface area contributed by atoms with E-state index in [2.05, 4.69) is 5.32 Å². The average molecular weight is 336 g/mol. The van der Waals surface area contributed by atoms with Gasteiger partial charge in [-0.15, -0.1) is 0 Å². The number of hydrogen-bond acceptors (Lipinski definition) is 4. The van der Waals surface area contributed by atoms with Gasteiger partial charge in [0.1, 0.15) is 12.3 Å². The van der Waals surface area contributed by atoms with Crippen LogP contribution in [0.25, 0.3) is 0 Å². The van der Waals surface area contributed by atoms with Crippen molar-refractivity contribution in [1.82, 2.24) is 10.2 Å². The molecule has 1 heterocycles. The summed E-state index contributed by atoms with van der Waals surface area (Å²) in [5.41, 5.74) is 1.95. The number of aryl methyl sites for hydroxylation is 1. The Hall–Kier alpha value is -2.08. The fourth-order valence-electron chi connectivity index (χ4n) is 2.05. The highest BCUT2D eigenvalue weighted by Gasteiger charge is 2.29. The van der Waals surface area contributed by atoms with Gasteiger partial charge >= 0.3 is 6.09 Å². The number of carbonyl (C=O) groups excluding carboxylic acids is 2. The van der Waals surface area contributed by atoms with Crippen molar-refractivity contribution in [1.29, 1.82) is 0 Å². The average Bonchev–Trinajstić information content (AvgIpc) is 2.92. The Kier molecular flexibility index (Phi) is 7.71. The molecule has 0 bridgehead atoms. The van der Waals surface area contributed by atoms with Crippen LogP contribution in [0.5, 0.6) is 0 Å². The SMILES string of the molecule is CC1COCN1C(=O)OC(C)(C)C.Cc1ccccc1CNC=O. The van der Waals surface area contributed by atoms with E-state index in [0.717, 1.165) is 0 Å². The number of nitrogens with zero attached hydrogens (tertiary/aromatic N) is 1. The summed E-state index contributed by atoms with van der Waals surface area (Å²) in [5.74, 6) is 0. The fraction of sp³-hybridized carbons (Fsp3) is 0.556. The molecule has 1 N–H and O–H groups in total. The molecule has 1 unspecified atom stereocenters. The molecule has 1 aromatic carbocycles. The zero-order chi connectivity index (χ0) is 18.2. The summed E-state index contributed by atoms with van der Waals surface area (Å²) < 4.78 is 10.3. The third-order valence-corrected chi connectivity index (χ3v) is 3.39. The Balaban J connectivity index is 0.000000243. The number of amides is 2. The molecule has 1 atom stereocenters. The minimum Gasteiger partial charge on any atom is -0.444 e. The van der Waals surface area contributed by atoms with Crippen LogP contribution in [0.2, 0.25) is 0 Å². The van der Waals surface area contributed by atoms with Crippen molar-refractivity contribution in [3.63, 3.8) is 0 Å². The van der Waals surface area contributed by atoms with Gasteiger partial charge in [-0.25, -0.2) is 4.79 Å². The molecule has 2 amide bonds. The molecular formula is C18H28N2O4. The predicted octanol–water partition coefficient (Wildman–Crippen LogP) is 2.84. The molecule has 134 valence electrons. The largest absolute Gasteiger partial charge is 0.444 e. The van der Waals surface area contributed by atoms with Crippen LogP contribution < -0.4 is 5.32 Å². The Morgan fingerprint density at radius 3 is 2.58 bits per heavy atom. The first kappa shape index (κ1) is 20.0. The van der Waals surface area contributed by atoms with Crippen LogP contribution >= 0.6 is 0 Å². The van der Waals surface area contributed by atoms with Crippen molar-refractivity contribution < 1.29 is 19.1 Å². The van der Waals surface area contributed by atoms with Gasteiger partial charge in [0.2, 0.25) is 6.41 Å². The Morgan fingerprint density at radius 1 is 1.42 bits per heavy atom. The second-order valence-corrected chi connectivity index (χ2v) is 6.72. The van der Waals surface area contributed by atoms with Crippen molar-refractivity contribution in [2.24, 2.45) is 0 Å². The minimum absolute atomic E-state index is 0.120. The topological polar surface area (TPSA) is 67.9 Å². The van der Waals surface area contributed by atoms with Gasteiger partial charge < -0.3 is 14.8 Å². The third-order valence-electron chi connectivity index (χ3n) is 3.39. The highest BCUT2D eigenvalue weighted by molar-refractivity contribution is 5.68. The highest BCUT2D eigenvalue weighted by Crippen LogP contribution is 2.15. The van der Waals surface area contributed by atoms with Gasteiger partial charge in [0.25, 0.3) is 0 Å². The molecule has 2 rings (SSSR count). The van der Waals surface area contributed by atoms with Gasteiger partial charge in [0.05, 0.1) is 12.6 Å². The zero-order valence-corrected chi connectivity index (χ0v) is 15.2. The standard InChI is InChI=1S/C9H17NO3.C9H11NO/c1-7-5-12-6-10(7)8(11)13-9(2,3)4;1-8-4-2-3-5-9(8)6-10-7-11/h7H,5-6H2,1-4H3;2-5,7H,6H2,1H3,(H,10,11). The first-order chi connectivity index (χ1) is 11.2. The third kappa shape index (κ3) is 7.00. The maximum Gasteiger partial charge on any atom is 0.412 e. The van der Waals surface area contributed by atoms with Crippen molar-refractivity contribution >= 4 is 12.5 Å². The second-order valence-electron chi connectivity index (χ2n) is 6.72. The van der Waals surface area contributed by atoms with Crippen molar-refractivity contribution in [2.45, 2.75) is 52.8 Å². The lowest BCUT2D eigenvalue weighted by Crippen LogP contribution is -2.39. The number of rotatable bonds is 3. The van der Waals surface area contributed by atoms with Crippen LogP contribution in [0.15, 0.2) is 24.3 Å². The van der Waals surface area contributed by atoms with Crippen molar-refractivity contribution in [3.8, 4) is 0 Å². The molecule has 0 aromatic heterocycles. The maximum absolute atomic E-state index is 11.5. The molecule has 6 heteroatoms. The van der Waals surface area contributed by atoms with E-state index in [9.17, 15) is 9.59 Å². The number of carbonyl (C=O) groups is 2. The number of ether oxygens (including phenoxy) is 2. The van der Waals surface area contributed by atoms with Crippen LogP contribution in [0.4, 0.5) is 4.79 Å². The van der Waals surface area contributed by atoms with E-state index in [-0.39, 0.29) is 12.1 Å². The van der Waals surface area contributed by atoms with Crippen LogP contribution in [0, 0.1) is 6.92 Å². The van der Waals surface area contributed by atoms with Gasteiger partial charge in [-0.1, -0.05) is 24.3 Å². The van der Waals surface area contributed by atoms with E-state index in [1.165, 1.54) is 11.1 Å². The summed E-state index contributed by atoms with van der Waals surface area (Å²) in [7, 11) is 0. The number of nitrogens with one attached hydrogen (secondary N) is 1. The summed E-state index contributed by atoms with van der Waals surface area (Å²) >= 11 is 0. The van der Waals surface area contributed by atoms with Gasteiger partial charge in [0, 0.05) is 6.54 Å². The molecule has 24 heavy (non-hydrogen) atoms. The highest BCUT2D eigenvalue weighted by atomic mass is 16.6. The van der Waals surface area contributed by atoms with E-state index >= 15 is 0 Å². The van der Waals surface area contributed by atoms with Crippen molar-refractivity contribution in [3.05, 3.63) is 35.4 Å². The summed E-state index contributed by atoms with van der Waals surface area (Å²) in [6.45, 7) is 11.1. The first-order valence-electron chi connectivity index (χ1n) is 8.03. The quantitative estimate of drug-likeness (QED) is 0.862. The molecule has 0 spiro atoms. The van der Waals surface area contributed by atoms with Crippen LogP contribution in [0.1, 0.15) is 38.8 Å². The van der Waals surface area contributed by atoms with E-state index < -0.39 is 5.60 Å². The molecule has 0 radical (unpaired) electrons. The molecule has 1 saturated heterocycles. The monoisotopic (exact) mass is 336 g/mol. The summed E-state index contributed by atoms with van der Waals surface area (Å²) in [4.78, 5) is 23.1. The Morgan fingerprint density at radius 2 is 2.08 bits per heavy atom. The summed E-state index contributed by atoms with van der Waals surface area (Å²) in [6.07, 6.45) is 0.421. The van der Waals surface area contributed by atoms with Gasteiger partial charge in [0.15, 0.2) is 0 Å². The van der Waals surface area contributed by atoms with Gasteiger partial charge in [-0.3, -0.25) is 9.69 Å². The van der Waals surface area contributed by atoms with Gasteiger partial charge in [-0.2, -0.15) is 0 Å². The molecule has 1 aliphatic heterocycles. The maximum atomic E-state index is 11.5. The molecule has 0 saturated carbocycles. The van der Waals surface area contributed by atoms with Crippen molar-refractivity contribution in [2.75, 3.05) is 13.3 Å². The molecule has 1 aliphatic rings. The lowest BCUT2D eigenvalue weighted by Gasteiger charge is -2.25. The summed E-state index contributed by atoms with van der Waals surface area (Å²) in [5, 5.41) is 2.62. The predicted molar refractivity (Wildman–Crippen MR) is 92.4 cm³/mol. The Bertz CT molecular complexity index is 540. The van der Waals surface area contributed by atoms with E-state index in [0.29, 0.717) is 26.3 Å². The fourth-order valence-corrected chi connectivity index (χ4v) is 2.05. The van der Waals surface area contributed by atoms with E-state index in [1.807, 2.05) is 58.9 Å². The minimum atomic E-state index is -0.431. The number of hydrogen-bond donors (Lipinski definition) is 1. The molecule has 1 aromatic rings. The van der Waals surface area contributed by atoms with Crippen LogP contribution in [-0.2, 0) is 20.8 Å². The zero-order valence-electron chi connectivity index (χ0n) is 15.2. The lowest BCUT2D eigenvalue weighted by atomic mass is 10.1. The first-order valence-corrected chi connectivity index (χ1v) is 8.03. The molecular weight excluding hydrogens is 308 g/mol. The van der Waals surface area contributed by atoms with Crippen LogP contribution in [0.3, 0.4) is 0 Å². The van der Waals surface area contributed by atoms with Gasteiger partial charge in [-0.05, 0) is 45.7 Å². The molecule has 0 aliphatic carbocycles. The van der Waals surface area contributed by atoms with E-state index in [1.54, 1.807) is 4.90 Å². The second kappa shape index (κ2) is 9.27. The smallest absolute Gasteiger partial charge is 0.412 e. The van der Waals surface area contributed by atoms with E-state index in [4.69, 9.17) is 9.47 Å². The lowest BCUT2D eigenvalue weighted by molar-refractivity contribution is -0.109. The normalized spacial score (nSPS) is 16.9. The number of benzene rings is 1. The molecule has 6 nitrogen and oxygen atoms in total. The van der Waals surface area contributed by atoms with Crippen LogP contribution in [-0.4, -0.2) is 42.4 Å². The Labute approximate surface area is 144 Å². The summed E-state index contributed by atoms with van der Waals surface area (Å²) in [6, 6.07) is 8.11.